The summed E-state index contributed by atoms with van der Waals surface area (Å²) >= 11 is 6.25. The highest BCUT2D eigenvalue weighted by atomic mass is 35.5. The summed E-state index contributed by atoms with van der Waals surface area (Å²) in [6.07, 6.45) is 0. The number of nitrogens with zero attached hydrogens (tertiary/aromatic N) is 3. The van der Waals surface area contributed by atoms with Crippen LogP contribution in [-0.2, 0) is 5.41 Å². The summed E-state index contributed by atoms with van der Waals surface area (Å²) in [6, 6.07) is 9.39. The molecule has 0 saturated heterocycles. The molecule has 6 nitrogen and oxygen atoms in total. The van der Waals surface area contributed by atoms with Gasteiger partial charge < -0.3 is 10.5 Å². The number of halogens is 1. The number of H-pyrrole nitrogens is 1. The summed E-state index contributed by atoms with van der Waals surface area (Å²) in [7, 11) is 0. The number of hydrogen-bond acceptors (Lipinski definition) is 5. The van der Waals surface area contributed by atoms with Crippen molar-refractivity contribution in [1.82, 2.24) is 10.2 Å². The maximum absolute atomic E-state index is 9.86. The minimum atomic E-state index is -0.917. The van der Waals surface area contributed by atoms with Crippen LogP contribution in [-0.4, -0.2) is 10.2 Å². The number of ether oxygens (including phenoxy) is 1. The van der Waals surface area contributed by atoms with Crippen molar-refractivity contribution in [1.29, 1.82) is 10.5 Å². The van der Waals surface area contributed by atoms with E-state index in [1.54, 1.807) is 18.2 Å². The average Bonchev–Trinajstić information content (AvgIpc) is 2.93. The molecule has 1 aliphatic heterocycles. The van der Waals surface area contributed by atoms with Crippen LogP contribution in [0.4, 0.5) is 0 Å². The second kappa shape index (κ2) is 5.84. The van der Waals surface area contributed by atoms with Gasteiger partial charge in [0.25, 0.3) is 0 Å². The third kappa shape index (κ3) is 2.26. The third-order valence-electron chi connectivity index (χ3n) is 4.62. The van der Waals surface area contributed by atoms with Gasteiger partial charge in [-0.2, -0.15) is 10.5 Å². The van der Waals surface area contributed by atoms with Crippen molar-refractivity contribution < 1.29 is 4.74 Å². The van der Waals surface area contributed by atoms with E-state index in [0.29, 0.717) is 22.0 Å². The van der Waals surface area contributed by atoms with Gasteiger partial charge >= 0.3 is 0 Å². The monoisotopic (exact) mass is 353 g/mol. The van der Waals surface area contributed by atoms with Gasteiger partial charge in [0.1, 0.15) is 11.6 Å². The third-order valence-corrected chi connectivity index (χ3v) is 4.83. The standard InChI is InChI=1S/C18H16ClN5O/c1-9(2)18(12-4-11(7-20)5-13(19)6-12)14(8-21)16(22)25-17-15(18)10(3)23-24-17/h4-6,9H,22H2,1-3H3,(H,23,24). The van der Waals surface area contributed by atoms with Gasteiger partial charge in [-0.25, -0.2) is 0 Å². The number of nitrogens with one attached hydrogen (secondary N) is 1. The Morgan fingerprint density at radius 1 is 1.28 bits per heavy atom. The average molecular weight is 354 g/mol. The Balaban J connectivity index is 2.49. The fraction of sp³-hybridized carbons (Fsp3) is 0.278. The molecule has 1 aromatic carbocycles. The Labute approximate surface area is 150 Å². The Morgan fingerprint density at radius 3 is 2.60 bits per heavy atom. The van der Waals surface area contributed by atoms with Crippen LogP contribution in [0.2, 0.25) is 5.02 Å². The molecule has 126 valence electrons. The van der Waals surface area contributed by atoms with E-state index in [0.717, 1.165) is 11.3 Å². The van der Waals surface area contributed by atoms with Gasteiger partial charge in [-0.3, -0.25) is 5.10 Å². The lowest BCUT2D eigenvalue weighted by atomic mass is 9.61. The van der Waals surface area contributed by atoms with Crippen molar-refractivity contribution in [3.05, 3.63) is 57.1 Å². The van der Waals surface area contributed by atoms with E-state index in [1.165, 1.54) is 0 Å². The molecular weight excluding hydrogens is 338 g/mol. The lowest BCUT2D eigenvalue weighted by Crippen LogP contribution is -2.41. The second-order valence-corrected chi connectivity index (χ2v) is 6.72. The topological polar surface area (TPSA) is 112 Å². The predicted octanol–water partition coefficient (Wildman–Crippen LogP) is 3.27. The predicted molar refractivity (Wildman–Crippen MR) is 92.6 cm³/mol. The lowest BCUT2D eigenvalue weighted by molar-refractivity contribution is 0.323. The molecule has 2 heterocycles. The summed E-state index contributed by atoms with van der Waals surface area (Å²) in [5, 5.41) is 26.7. The van der Waals surface area contributed by atoms with Crippen molar-refractivity contribution in [2.75, 3.05) is 0 Å². The fourth-order valence-corrected chi connectivity index (χ4v) is 3.88. The largest absolute Gasteiger partial charge is 0.420 e. The van der Waals surface area contributed by atoms with E-state index in [9.17, 15) is 10.5 Å². The van der Waals surface area contributed by atoms with Crippen LogP contribution in [0.15, 0.2) is 29.7 Å². The number of nitrogens with two attached hydrogens (primary N) is 1. The second-order valence-electron chi connectivity index (χ2n) is 6.28. The summed E-state index contributed by atoms with van der Waals surface area (Å²) < 4.78 is 5.56. The zero-order valence-corrected chi connectivity index (χ0v) is 14.8. The zero-order valence-electron chi connectivity index (χ0n) is 14.0. The molecule has 0 spiro atoms. The highest BCUT2D eigenvalue weighted by Gasteiger charge is 2.50. The van der Waals surface area contributed by atoms with E-state index < -0.39 is 5.41 Å². The molecule has 0 amide bonds. The maximum Gasteiger partial charge on any atom is 0.244 e. The number of nitriles is 2. The SMILES string of the molecule is Cc1[nH]nc2c1C(c1cc(Cl)cc(C#N)c1)(C(C)C)C(C#N)=C(N)O2. The maximum atomic E-state index is 9.86. The summed E-state index contributed by atoms with van der Waals surface area (Å²) in [5.41, 5.74) is 8.04. The van der Waals surface area contributed by atoms with Crippen molar-refractivity contribution in [3.8, 4) is 18.0 Å². The molecule has 0 radical (unpaired) electrons. The van der Waals surface area contributed by atoms with Crippen LogP contribution in [0.1, 0.15) is 36.2 Å². The zero-order chi connectivity index (χ0) is 18.4. The van der Waals surface area contributed by atoms with E-state index in [2.05, 4.69) is 22.3 Å². The van der Waals surface area contributed by atoms with Crippen molar-refractivity contribution in [2.24, 2.45) is 11.7 Å². The molecule has 2 aromatic rings. The van der Waals surface area contributed by atoms with E-state index >= 15 is 0 Å². The minimum absolute atomic E-state index is 0.00804. The van der Waals surface area contributed by atoms with Crippen molar-refractivity contribution in [3.63, 3.8) is 0 Å². The first-order chi connectivity index (χ1) is 11.9. The first-order valence-corrected chi connectivity index (χ1v) is 8.08. The fourth-order valence-electron chi connectivity index (χ4n) is 3.64. The molecule has 1 atom stereocenters. The number of rotatable bonds is 2. The van der Waals surface area contributed by atoms with E-state index in [-0.39, 0.29) is 17.4 Å². The molecule has 25 heavy (non-hydrogen) atoms. The Hall–Kier alpha value is -2.96. The first kappa shape index (κ1) is 16.9. The normalized spacial score (nSPS) is 19.2. The minimum Gasteiger partial charge on any atom is -0.420 e. The number of fused-ring (bicyclic) bond motifs is 1. The van der Waals surface area contributed by atoms with Crippen LogP contribution in [0.25, 0.3) is 0 Å². The lowest BCUT2D eigenvalue weighted by Gasteiger charge is -2.41. The van der Waals surface area contributed by atoms with Crippen LogP contribution in [0, 0.1) is 35.5 Å². The number of aryl methyl sites for hydroxylation is 1. The highest BCUT2D eigenvalue weighted by Crippen LogP contribution is 2.52. The molecule has 3 N–H and O–H groups in total. The molecule has 0 aliphatic carbocycles. The number of benzene rings is 1. The van der Waals surface area contributed by atoms with Crippen LogP contribution >= 0.6 is 11.6 Å². The van der Waals surface area contributed by atoms with Crippen molar-refractivity contribution in [2.45, 2.75) is 26.2 Å². The van der Waals surface area contributed by atoms with Gasteiger partial charge in [-0.1, -0.05) is 25.4 Å². The molecule has 0 fully saturated rings. The summed E-state index contributed by atoms with van der Waals surface area (Å²) in [4.78, 5) is 0. The smallest absolute Gasteiger partial charge is 0.244 e. The molecule has 1 aromatic heterocycles. The van der Waals surface area contributed by atoms with Gasteiger partial charge in [0.2, 0.25) is 11.8 Å². The van der Waals surface area contributed by atoms with E-state index in [1.807, 2.05) is 20.8 Å². The van der Waals surface area contributed by atoms with Crippen molar-refractivity contribution >= 4 is 11.6 Å². The number of hydrogen-bond donors (Lipinski definition) is 2. The van der Waals surface area contributed by atoms with Crippen LogP contribution in [0.5, 0.6) is 5.88 Å². The quantitative estimate of drug-likeness (QED) is 0.860. The number of allylic oxidation sites excluding steroid dienone is 1. The van der Waals surface area contributed by atoms with Gasteiger partial charge in [0, 0.05) is 10.7 Å². The Morgan fingerprint density at radius 2 is 2.00 bits per heavy atom. The number of aromatic nitrogens is 2. The molecular formula is C18H16ClN5O. The highest BCUT2D eigenvalue weighted by molar-refractivity contribution is 6.30. The molecule has 1 unspecified atom stereocenters. The molecule has 3 rings (SSSR count). The van der Waals surface area contributed by atoms with E-state index in [4.69, 9.17) is 22.1 Å². The van der Waals surface area contributed by atoms with Crippen LogP contribution < -0.4 is 10.5 Å². The number of aromatic amines is 1. The summed E-state index contributed by atoms with van der Waals surface area (Å²) in [6.45, 7) is 5.83. The van der Waals surface area contributed by atoms with Crippen LogP contribution in [0.3, 0.4) is 0 Å². The Kier molecular flexibility index (Phi) is 3.94. The van der Waals surface area contributed by atoms with Gasteiger partial charge in [0.05, 0.1) is 22.6 Å². The Bertz CT molecular complexity index is 976. The van der Waals surface area contributed by atoms with Gasteiger partial charge in [-0.15, -0.1) is 5.10 Å². The molecule has 1 aliphatic rings. The van der Waals surface area contributed by atoms with Gasteiger partial charge in [-0.05, 0) is 36.6 Å². The van der Waals surface area contributed by atoms with Gasteiger partial charge in [0.15, 0.2) is 0 Å². The first-order valence-electron chi connectivity index (χ1n) is 7.71. The molecule has 0 saturated carbocycles. The molecule has 7 heteroatoms. The molecule has 0 bridgehead atoms. The summed E-state index contributed by atoms with van der Waals surface area (Å²) in [5.74, 6) is 0.263.